The zero-order valence-electron chi connectivity index (χ0n) is 19.4. The topological polar surface area (TPSA) is 172 Å². The van der Waals surface area contributed by atoms with E-state index < -0.39 is 55.7 Å². The molecule has 13 nitrogen and oxygen atoms in total. The number of ether oxygens (including phenoxy) is 7. The highest BCUT2D eigenvalue weighted by atomic mass is 16.8. The third-order valence-electron chi connectivity index (χ3n) is 4.61. The number of rotatable bonds is 10. The second kappa shape index (κ2) is 14.3. The number of nitrogens with zero attached hydrogens (tertiary/aromatic N) is 1. The number of hydrogen-bond donors (Lipinski definition) is 2. The molecule has 36 heavy (non-hydrogen) atoms. The van der Waals surface area contributed by atoms with Gasteiger partial charge in [-0.15, -0.1) is 0 Å². The van der Waals surface area contributed by atoms with Crippen molar-refractivity contribution in [2.75, 3.05) is 32.2 Å². The summed E-state index contributed by atoms with van der Waals surface area (Å²) in [5, 5.41) is 21.2. The third-order valence-corrected chi connectivity index (χ3v) is 4.61. The van der Waals surface area contributed by atoms with Crippen molar-refractivity contribution in [2.45, 2.75) is 30.7 Å². The highest BCUT2D eigenvalue weighted by Crippen LogP contribution is 2.30. The van der Waals surface area contributed by atoms with Crippen molar-refractivity contribution < 1.29 is 52.6 Å². The highest BCUT2D eigenvalue weighted by molar-refractivity contribution is 5.84. The molecule has 0 bridgehead atoms. The number of carbonyl (C=O) groups excluding carboxylic acids is 3. The molecule has 0 spiro atoms. The Kier molecular flexibility index (Phi) is 11.2. The van der Waals surface area contributed by atoms with E-state index in [-0.39, 0.29) is 18.9 Å². The molecular formula is C23H26N2O11. The SMILES string of the molecule is C=CCOC(=O)O[C@@H]1[C@H](OC(=O)OCC=C)[C@@H](OC)O[C@H](CO)[C@H]1OC(=O)Nc1ccc(C#N)cc1. The molecule has 194 valence electrons. The van der Waals surface area contributed by atoms with Gasteiger partial charge in [0.25, 0.3) is 0 Å². The van der Waals surface area contributed by atoms with Crippen molar-refractivity contribution in [3.8, 4) is 6.07 Å². The van der Waals surface area contributed by atoms with Crippen LogP contribution >= 0.6 is 0 Å². The fraction of sp³-hybridized carbons (Fsp3) is 0.391. The molecule has 0 aromatic heterocycles. The number of nitrogens with one attached hydrogen (secondary N) is 1. The Hall–Kier alpha value is -4.12. The number of anilines is 1. The summed E-state index contributed by atoms with van der Waals surface area (Å²) < 4.78 is 36.3. The van der Waals surface area contributed by atoms with Gasteiger partial charge in [-0.2, -0.15) is 5.26 Å². The molecule has 1 saturated heterocycles. The minimum atomic E-state index is -1.55. The van der Waals surface area contributed by atoms with Gasteiger partial charge in [0.2, 0.25) is 0 Å². The quantitative estimate of drug-likeness (QED) is 0.270. The molecule has 1 aromatic rings. The maximum atomic E-state index is 12.6. The van der Waals surface area contributed by atoms with Crippen molar-refractivity contribution in [3.05, 3.63) is 55.1 Å². The predicted molar refractivity (Wildman–Crippen MR) is 121 cm³/mol. The Morgan fingerprint density at radius 3 is 2.11 bits per heavy atom. The van der Waals surface area contributed by atoms with Gasteiger partial charge in [0.05, 0.1) is 18.2 Å². The Bertz CT molecular complexity index is 960. The fourth-order valence-electron chi connectivity index (χ4n) is 3.06. The van der Waals surface area contributed by atoms with Crippen LogP contribution in [0.2, 0.25) is 0 Å². The summed E-state index contributed by atoms with van der Waals surface area (Å²) in [6.45, 7) is 5.78. The van der Waals surface area contributed by atoms with E-state index >= 15 is 0 Å². The summed E-state index contributed by atoms with van der Waals surface area (Å²) in [7, 11) is 1.22. The molecule has 13 heteroatoms. The zero-order valence-corrected chi connectivity index (χ0v) is 19.4. The Morgan fingerprint density at radius 2 is 1.61 bits per heavy atom. The molecule has 1 fully saturated rings. The second-order valence-corrected chi connectivity index (χ2v) is 7.01. The van der Waals surface area contributed by atoms with Crippen LogP contribution in [-0.2, 0) is 33.2 Å². The maximum absolute atomic E-state index is 12.6. The lowest BCUT2D eigenvalue weighted by Crippen LogP contribution is -2.63. The van der Waals surface area contributed by atoms with Crippen LogP contribution in [-0.4, -0.2) is 81.1 Å². The van der Waals surface area contributed by atoms with Gasteiger partial charge in [0.15, 0.2) is 24.6 Å². The summed E-state index contributed by atoms with van der Waals surface area (Å²) in [5.41, 5.74) is 0.657. The maximum Gasteiger partial charge on any atom is 0.509 e. The van der Waals surface area contributed by atoms with Crippen molar-refractivity contribution in [3.63, 3.8) is 0 Å². The summed E-state index contributed by atoms with van der Waals surface area (Å²) in [6, 6.07) is 7.81. The smallest absolute Gasteiger partial charge is 0.439 e. The first kappa shape index (κ1) is 28.1. The average molecular weight is 506 g/mol. The molecule has 1 aromatic carbocycles. The van der Waals surface area contributed by atoms with Crippen LogP contribution < -0.4 is 5.32 Å². The minimum Gasteiger partial charge on any atom is -0.439 e. The highest BCUT2D eigenvalue weighted by Gasteiger charge is 2.53. The van der Waals surface area contributed by atoms with Crippen LogP contribution in [0.3, 0.4) is 0 Å². The number of aliphatic hydroxyl groups is 1. The number of nitriles is 1. The summed E-state index contributed by atoms with van der Waals surface area (Å²) in [4.78, 5) is 37.0. The first-order chi connectivity index (χ1) is 17.4. The molecular weight excluding hydrogens is 480 g/mol. The van der Waals surface area contributed by atoms with Crippen molar-refractivity contribution in [1.29, 1.82) is 5.26 Å². The van der Waals surface area contributed by atoms with Gasteiger partial charge in [0.1, 0.15) is 19.3 Å². The van der Waals surface area contributed by atoms with Crippen molar-refractivity contribution >= 4 is 24.1 Å². The van der Waals surface area contributed by atoms with Crippen molar-refractivity contribution in [1.82, 2.24) is 0 Å². The summed E-state index contributed by atoms with van der Waals surface area (Å²) in [5.74, 6) is 0. The molecule has 1 amide bonds. The molecule has 1 heterocycles. The fourth-order valence-corrected chi connectivity index (χ4v) is 3.06. The summed E-state index contributed by atoms with van der Waals surface area (Å²) >= 11 is 0. The van der Waals surface area contributed by atoms with Gasteiger partial charge in [-0.05, 0) is 24.3 Å². The lowest BCUT2D eigenvalue weighted by molar-refractivity contribution is -0.295. The molecule has 1 aliphatic rings. The number of aliphatic hydroxyl groups excluding tert-OH is 1. The van der Waals surface area contributed by atoms with Crippen LogP contribution in [0.15, 0.2) is 49.6 Å². The minimum absolute atomic E-state index is 0.177. The molecule has 2 rings (SSSR count). The standard InChI is InChI=1S/C23H26N2O11/c1-4-10-31-22(28)35-18-17(34-21(27)25-15-8-6-14(12-24)7-9-15)16(13-26)33-20(30-3)19(18)36-23(29)32-11-5-2/h4-9,16-20,26H,1-2,10-11,13H2,3H3,(H,25,27)/t16-,17-,18+,19+,20+/m1/s1. The molecule has 2 N–H and O–H groups in total. The van der Waals surface area contributed by atoms with Crippen LogP contribution in [0.25, 0.3) is 0 Å². The average Bonchev–Trinajstić information content (AvgIpc) is 2.88. The molecule has 0 saturated carbocycles. The van der Waals surface area contributed by atoms with E-state index in [1.807, 2.05) is 6.07 Å². The van der Waals surface area contributed by atoms with E-state index in [1.165, 1.54) is 43.5 Å². The van der Waals surface area contributed by atoms with Gasteiger partial charge >= 0.3 is 18.4 Å². The number of hydrogen-bond acceptors (Lipinski definition) is 12. The Labute approximate surface area is 206 Å². The molecule has 0 radical (unpaired) electrons. The number of benzene rings is 1. The van der Waals surface area contributed by atoms with Gasteiger partial charge in [-0.25, -0.2) is 14.4 Å². The first-order valence-corrected chi connectivity index (χ1v) is 10.5. The molecule has 1 aliphatic heterocycles. The van der Waals surface area contributed by atoms with Gasteiger partial charge in [-0.3, -0.25) is 5.32 Å². The van der Waals surface area contributed by atoms with Crippen LogP contribution in [0, 0.1) is 11.3 Å². The Balaban J connectivity index is 2.30. The summed E-state index contributed by atoms with van der Waals surface area (Å²) in [6.07, 6.45) is -7.98. The predicted octanol–water partition coefficient (Wildman–Crippen LogP) is 2.25. The monoisotopic (exact) mass is 506 g/mol. The molecule has 0 aliphatic carbocycles. The van der Waals surface area contributed by atoms with Gasteiger partial charge < -0.3 is 38.3 Å². The first-order valence-electron chi connectivity index (χ1n) is 10.5. The lowest BCUT2D eigenvalue weighted by atomic mass is 9.98. The number of methoxy groups -OCH3 is 1. The van der Waals surface area contributed by atoms with Crippen molar-refractivity contribution in [2.24, 2.45) is 0 Å². The van der Waals surface area contributed by atoms with E-state index in [0.717, 1.165) is 0 Å². The number of carbonyl (C=O) groups is 3. The van der Waals surface area contributed by atoms with Crippen LogP contribution in [0.5, 0.6) is 0 Å². The zero-order chi connectivity index (χ0) is 26.5. The van der Waals surface area contributed by atoms with Crippen LogP contribution in [0.4, 0.5) is 20.1 Å². The van der Waals surface area contributed by atoms with Gasteiger partial charge in [-0.1, -0.05) is 25.3 Å². The van der Waals surface area contributed by atoms with E-state index in [4.69, 9.17) is 38.4 Å². The van der Waals surface area contributed by atoms with E-state index in [0.29, 0.717) is 5.56 Å². The third kappa shape index (κ3) is 7.98. The largest absolute Gasteiger partial charge is 0.509 e. The van der Waals surface area contributed by atoms with E-state index in [1.54, 1.807) is 0 Å². The Morgan fingerprint density at radius 1 is 1.03 bits per heavy atom. The van der Waals surface area contributed by atoms with Crippen LogP contribution in [0.1, 0.15) is 5.56 Å². The van der Waals surface area contributed by atoms with E-state index in [2.05, 4.69) is 18.5 Å². The molecule has 5 atom stereocenters. The molecule has 0 unspecified atom stereocenters. The second-order valence-electron chi connectivity index (χ2n) is 7.01. The van der Waals surface area contributed by atoms with Gasteiger partial charge in [0, 0.05) is 12.8 Å². The number of amides is 1. The van der Waals surface area contributed by atoms with E-state index in [9.17, 15) is 19.5 Å². The normalized spacial score (nSPS) is 22.8. The lowest BCUT2D eigenvalue weighted by Gasteiger charge is -2.43.